The van der Waals surface area contributed by atoms with Crippen LogP contribution in [0.2, 0.25) is 0 Å². The molecule has 1 amide bonds. The Hall–Kier alpha value is -2.42. The van der Waals surface area contributed by atoms with E-state index in [9.17, 15) is 14.4 Å². The first-order chi connectivity index (χ1) is 15.0. The highest BCUT2D eigenvalue weighted by Gasteiger charge is 2.33. The average molecular weight is 551 g/mol. The first kappa shape index (κ1) is 25.8. The lowest BCUT2D eigenvalue weighted by Crippen LogP contribution is -2.40. The number of Topliss-reactive ketones (excluding diaryl/α,β-unsaturated/α-hetero) is 1. The van der Waals surface area contributed by atoms with E-state index >= 15 is 0 Å². The number of ketones is 1. The SMILES string of the molecule is C[C@H](CC(=O)[C@H](c1cccc(I)c1)N(C)C(=O)OC(C)(C)C)C(=O)OCc1ccccc1. The van der Waals surface area contributed by atoms with Crippen molar-refractivity contribution >= 4 is 40.4 Å². The maximum atomic E-state index is 13.3. The molecule has 0 aliphatic carbocycles. The van der Waals surface area contributed by atoms with E-state index in [4.69, 9.17) is 9.47 Å². The van der Waals surface area contributed by atoms with Gasteiger partial charge in [0.05, 0.1) is 5.92 Å². The Morgan fingerprint density at radius 3 is 2.28 bits per heavy atom. The number of benzene rings is 2. The molecular weight excluding hydrogens is 521 g/mol. The molecule has 2 atom stereocenters. The Bertz CT molecular complexity index is 939. The summed E-state index contributed by atoms with van der Waals surface area (Å²) in [6.45, 7) is 7.12. The monoisotopic (exact) mass is 551 g/mol. The number of amides is 1. The molecule has 172 valence electrons. The highest BCUT2D eigenvalue weighted by molar-refractivity contribution is 14.1. The van der Waals surface area contributed by atoms with Crippen LogP contribution in [-0.2, 0) is 25.7 Å². The van der Waals surface area contributed by atoms with Crippen molar-refractivity contribution in [3.8, 4) is 0 Å². The van der Waals surface area contributed by atoms with Gasteiger partial charge >= 0.3 is 12.1 Å². The summed E-state index contributed by atoms with van der Waals surface area (Å²) < 4.78 is 11.8. The number of hydrogen-bond acceptors (Lipinski definition) is 5. The van der Waals surface area contributed by atoms with Crippen molar-refractivity contribution in [3.63, 3.8) is 0 Å². The van der Waals surface area contributed by atoms with Gasteiger partial charge in [-0.1, -0.05) is 49.4 Å². The fourth-order valence-electron chi connectivity index (χ4n) is 3.11. The first-order valence-electron chi connectivity index (χ1n) is 10.4. The van der Waals surface area contributed by atoms with Crippen LogP contribution in [0, 0.1) is 9.49 Å². The number of ether oxygens (including phenoxy) is 2. The lowest BCUT2D eigenvalue weighted by molar-refractivity contribution is -0.151. The number of esters is 1. The van der Waals surface area contributed by atoms with Gasteiger partial charge in [0.2, 0.25) is 0 Å². The summed E-state index contributed by atoms with van der Waals surface area (Å²) in [6, 6.07) is 15.9. The highest BCUT2D eigenvalue weighted by atomic mass is 127. The minimum absolute atomic E-state index is 0.0586. The zero-order valence-electron chi connectivity index (χ0n) is 19.1. The van der Waals surface area contributed by atoms with Crippen molar-refractivity contribution in [2.24, 2.45) is 5.92 Å². The smallest absolute Gasteiger partial charge is 0.410 e. The summed E-state index contributed by atoms with van der Waals surface area (Å²) in [4.78, 5) is 39.8. The van der Waals surface area contributed by atoms with Gasteiger partial charge < -0.3 is 9.47 Å². The standard InChI is InChI=1S/C25H30INO5/c1-17(23(29)31-16-18-10-7-6-8-11-18)14-21(28)22(19-12-9-13-20(26)15-19)27(5)24(30)32-25(2,3)4/h6-13,15,17,22H,14,16H2,1-5H3/t17-,22+/m1/s1. The average Bonchev–Trinajstić information content (AvgIpc) is 2.71. The molecule has 0 aromatic heterocycles. The predicted octanol–water partition coefficient (Wildman–Crippen LogP) is 5.54. The molecular formula is C25H30INO5. The minimum Gasteiger partial charge on any atom is -0.461 e. The summed E-state index contributed by atoms with van der Waals surface area (Å²) in [6.07, 6.45) is -0.661. The van der Waals surface area contributed by atoms with E-state index in [0.717, 1.165) is 9.13 Å². The van der Waals surface area contributed by atoms with Gasteiger partial charge in [-0.3, -0.25) is 14.5 Å². The number of hydrogen-bond donors (Lipinski definition) is 0. The van der Waals surface area contributed by atoms with Gasteiger partial charge in [-0.05, 0) is 66.6 Å². The molecule has 2 rings (SSSR count). The number of nitrogens with zero attached hydrogens (tertiary/aromatic N) is 1. The van der Waals surface area contributed by atoms with Crippen LogP contribution in [0.25, 0.3) is 0 Å². The van der Waals surface area contributed by atoms with Crippen molar-refractivity contribution in [1.29, 1.82) is 0 Å². The largest absolute Gasteiger partial charge is 0.461 e. The molecule has 2 aromatic carbocycles. The molecule has 0 saturated heterocycles. The Labute approximate surface area is 203 Å². The maximum absolute atomic E-state index is 13.3. The molecule has 0 bridgehead atoms. The topological polar surface area (TPSA) is 72.9 Å². The van der Waals surface area contributed by atoms with Crippen molar-refractivity contribution < 1.29 is 23.9 Å². The Kier molecular flexibility index (Phi) is 9.24. The van der Waals surface area contributed by atoms with Crippen molar-refractivity contribution in [2.75, 3.05) is 7.05 Å². The Morgan fingerprint density at radius 2 is 1.69 bits per heavy atom. The van der Waals surface area contributed by atoms with Crippen LogP contribution in [0.5, 0.6) is 0 Å². The highest BCUT2D eigenvalue weighted by Crippen LogP contribution is 2.27. The summed E-state index contributed by atoms with van der Waals surface area (Å²) >= 11 is 2.16. The first-order valence-corrected chi connectivity index (χ1v) is 11.5. The summed E-state index contributed by atoms with van der Waals surface area (Å²) in [5.74, 6) is -1.36. The van der Waals surface area contributed by atoms with E-state index in [1.54, 1.807) is 33.8 Å². The molecule has 0 fully saturated rings. The molecule has 0 N–H and O–H groups in total. The fourth-order valence-corrected chi connectivity index (χ4v) is 3.68. The van der Waals surface area contributed by atoms with Crippen molar-refractivity contribution in [1.82, 2.24) is 4.90 Å². The van der Waals surface area contributed by atoms with E-state index < -0.39 is 29.6 Å². The zero-order valence-corrected chi connectivity index (χ0v) is 21.3. The number of carbonyl (C=O) groups excluding carboxylic acids is 3. The molecule has 2 aromatic rings. The van der Waals surface area contributed by atoms with E-state index in [-0.39, 0.29) is 18.8 Å². The molecule has 0 radical (unpaired) electrons. The van der Waals surface area contributed by atoms with Crippen molar-refractivity contribution in [3.05, 3.63) is 69.3 Å². The molecule has 0 aliphatic heterocycles. The third-order valence-electron chi connectivity index (χ3n) is 4.67. The van der Waals surface area contributed by atoms with Crippen LogP contribution in [-0.4, -0.2) is 35.4 Å². The van der Waals surface area contributed by atoms with Gasteiger partial charge in [0, 0.05) is 17.0 Å². The minimum atomic E-state index is -0.871. The zero-order chi connectivity index (χ0) is 23.9. The van der Waals surface area contributed by atoms with E-state index in [1.165, 1.54) is 11.9 Å². The summed E-state index contributed by atoms with van der Waals surface area (Å²) in [5.41, 5.74) is 0.847. The lowest BCUT2D eigenvalue weighted by atomic mass is 9.94. The second-order valence-electron chi connectivity index (χ2n) is 8.71. The lowest BCUT2D eigenvalue weighted by Gasteiger charge is -2.30. The quantitative estimate of drug-likeness (QED) is 0.319. The van der Waals surface area contributed by atoms with E-state index in [2.05, 4.69) is 22.6 Å². The summed E-state index contributed by atoms with van der Waals surface area (Å²) in [7, 11) is 1.54. The Balaban J connectivity index is 2.14. The number of carbonyl (C=O) groups is 3. The van der Waals surface area contributed by atoms with Crippen LogP contribution in [0.3, 0.4) is 0 Å². The molecule has 0 saturated carbocycles. The summed E-state index contributed by atoms with van der Waals surface area (Å²) in [5, 5.41) is 0. The molecule has 6 nitrogen and oxygen atoms in total. The Morgan fingerprint density at radius 1 is 1.03 bits per heavy atom. The van der Waals surface area contributed by atoms with Gasteiger partial charge in [0.1, 0.15) is 18.2 Å². The number of halogens is 1. The normalized spacial score (nSPS) is 13.1. The van der Waals surface area contributed by atoms with Gasteiger partial charge in [-0.25, -0.2) is 4.79 Å². The number of likely N-dealkylation sites (N-methyl/N-ethyl adjacent to an activating group) is 1. The molecule has 0 unspecified atom stereocenters. The fraction of sp³-hybridized carbons (Fsp3) is 0.400. The molecule has 32 heavy (non-hydrogen) atoms. The molecule has 7 heteroatoms. The van der Waals surface area contributed by atoms with E-state index in [0.29, 0.717) is 5.56 Å². The van der Waals surface area contributed by atoms with Gasteiger partial charge in [-0.2, -0.15) is 0 Å². The van der Waals surface area contributed by atoms with Crippen LogP contribution in [0.15, 0.2) is 54.6 Å². The second kappa shape index (κ2) is 11.4. The molecule has 0 aliphatic rings. The molecule has 0 spiro atoms. The van der Waals surface area contributed by atoms with Gasteiger partial charge in [-0.15, -0.1) is 0 Å². The van der Waals surface area contributed by atoms with Crippen LogP contribution in [0.1, 0.15) is 51.3 Å². The van der Waals surface area contributed by atoms with E-state index in [1.807, 2.05) is 48.5 Å². The maximum Gasteiger partial charge on any atom is 0.410 e. The second-order valence-corrected chi connectivity index (χ2v) is 9.96. The third kappa shape index (κ3) is 7.93. The molecule has 0 heterocycles. The van der Waals surface area contributed by atoms with Gasteiger partial charge in [0.25, 0.3) is 0 Å². The predicted molar refractivity (Wildman–Crippen MR) is 131 cm³/mol. The third-order valence-corrected chi connectivity index (χ3v) is 5.34. The van der Waals surface area contributed by atoms with Crippen LogP contribution in [0.4, 0.5) is 4.79 Å². The van der Waals surface area contributed by atoms with Crippen LogP contribution >= 0.6 is 22.6 Å². The van der Waals surface area contributed by atoms with Crippen molar-refractivity contribution in [2.45, 2.75) is 52.4 Å². The number of rotatable bonds is 8. The van der Waals surface area contributed by atoms with Gasteiger partial charge in [0.15, 0.2) is 5.78 Å². The van der Waals surface area contributed by atoms with Crippen LogP contribution < -0.4 is 0 Å².